The van der Waals surface area contributed by atoms with Crippen molar-refractivity contribution < 1.29 is 17.9 Å². The predicted octanol–water partition coefficient (Wildman–Crippen LogP) is 5.15. The van der Waals surface area contributed by atoms with Gasteiger partial charge in [-0.1, -0.05) is 19.6 Å². The van der Waals surface area contributed by atoms with Gasteiger partial charge in [0.25, 0.3) is 0 Å². The van der Waals surface area contributed by atoms with Crippen molar-refractivity contribution >= 4 is 13.9 Å². The minimum absolute atomic E-state index is 0.0521. The molecule has 6 nitrogen and oxygen atoms in total. The lowest BCUT2D eigenvalue weighted by molar-refractivity contribution is 0.0798. The van der Waals surface area contributed by atoms with E-state index in [2.05, 4.69) is 34.9 Å². The Morgan fingerprint density at radius 1 is 1.19 bits per heavy atom. The Morgan fingerprint density at radius 2 is 2.00 bits per heavy atom. The van der Waals surface area contributed by atoms with Crippen molar-refractivity contribution in [2.24, 2.45) is 0 Å². The van der Waals surface area contributed by atoms with Crippen molar-refractivity contribution in [2.45, 2.75) is 51.1 Å². The molecule has 1 N–H and O–H groups in total. The summed E-state index contributed by atoms with van der Waals surface area (Å²) in [5.74, 6) is -0.626. The van der Waals surface area contributed by atoms with Gasteiger partial charge in [0.05, 0.1) is 24.0 Å². The number of ether oxygens (including phenoxy) is 1. The molecular formula is C22H28F3N5OSi. The zero-order valence-electron chi connectivity index (χ0n) is 18.5. The van der Waals surface area contributed by atoms with Crippen LogP contribution < -0.4 is 4.90 Å². The van der Waals surface area contributed by atoms with Crippen LogP contribution in [0.1, 0.15) is 18.0 Å². The predicted molar refractivity (Wildman–Crippen MR) is 120 cm³/mol. The second kappa shape index (κ2) is 9.11. The van der Waals surface area contributed by atoms with E-state index in [4.69, 9.17) is 4.74 Å². The number of rotatable bonds is 8. The fourth-order valence-electron chi connectivity index (χ4n) is 3.89. The first kappa shape index (κ1) is 22.6. The highest BCUT2D eigenvalue weighted by molar-refractivity contribution is 6.76. The molecule has 4 rings (SSSR count). The van der Waals surface area contributed by atoms with Crippen LogP contribution in [-0.2, 0) is 11.5 Å². The van der Waals surface area contributed by atoms with Crippen LogP contribution in [0.2, 0.25) is 25.7 Å². The van der Waals surface area contributed by atoms with Gasteiger partial charge in [-0.05, 0) is 30.3 Å². The summed E-state index contributed by atoms with van der Waals surface area (Å²) in [6.07, 6.45) is 0.534. The van der Waals surface area contributed by atoms with Crippen molar-refractivity contribution in [3.63, 3.8) is 0 Å². The molecule has 32 heavy (non-hydrogen) atoms. The Kier molecular flexibility index (Phi) is 6.43. The fourth-order valence-corrected chi connectivity index (χ4v) is 4.65. The zero-order chi connectivity index (χ0) is 22.9. The number of benzene rings is 1. The van der Waals surface area contributed by atoms with E-state index >= 15 is 0 Å². The Hall–Kier alpha value is -2.59. The average molecular weight is 464 g/mol. The Labute approximate surface area is 186 Å². The van der Waals surface area contributed by atoms with E-state index in [0.29, 0.717) is 12.4 Å². The number of halogens is 3. The molecule has 0 radical (unpaired) electrons. The van der Waals surface area contributed by atoms with Gasteiger partial charge in [0.2, 0.25) is 0 Å². The first-order valence-corrected chi connectivity index (χ1v) is 14.4. The molecule has 1 fully saturated rings. The molecule has 0 spiro atoms. The lowest BCUT2D eigenvalue weighted by Crippen LogP contribution is -2.25. The van der Waals surface area contributed by atoms with Crippen molar-refractivity contribution in [3.05, 3.63) is 53.7 Å². The highest BCUT2D eigenvalue weighted by atomic mass is 28.3. The maximum Gasteiger partial charge on any atom is 0.152 e. The number of H-pyrrole nitrogens is 1. The van der Waals surface area contributed by atoms with Gasteiger partial charge in [-0.15, -0.1) is 0 Å². The van der Waals surface area contributed by atoms with E-state index in [1.807, 2.05) is 6.07 Å². The molecule has 0 aliphatic carbocycles. The quantitative estimate of drug-likeness (QED) is 0.371. The Balaban J connectivity index is 1.62. The molecule has 3 heterocycles. The number of hydrogen-bond acceptors (Lipinski definition) is 4. The van der Waals surface area contributed by atoms with Crippen LogP contribution in [-0.4, -0.2) is 47.4 Å². The van der Waals surface area contributed by atoms with Crippen LogP contribution >= 0.6 is 0 Å². The van der Waals surface area contributed by atoms with E-state index in [-0.39, 0.29) is 25.3 Å². The van der Waals surface area contributed by atoms with Crippen LogP contribution in [0, 0.1) is 11.6 Å². The van der Waals surface area contributed by atoms with Crippen molar-refractivity contribution in [1.29, 1.82) is 0 Å². The molecular weight excluding hydrogens is 435 g/mol. The highest BCUT2D eigenvalue weighted by Crippen LogP contribution is 2.39. The molecule has 2 atom stereocenters. The minimum atomic E-state index is -1.23. The summed E-state index contributed by atoms with van der Waals surface area (Å²) < 4.78 is 50.3. The van der Waals surface area contributed by atoms with Gasteiger partial charge in [-0.2, -0.15) is 10.2 Å². The number of anilines is 1. The number of aromatic amines is 1. The summed E-state index contributed by atoms with van der Waals surface area (Å²) in [5.41, 5.74) is 1.60. The molecule has 10 heteroatoms. The monoisotopic (exact) mass is 463 g/mol. The lowest BCUT2D eigenvalue weighted by atomic mass is 10.0. The van der Waals surface area contributed by atoms with E-state index in [1.165, 1.54) is 0 Å². The van der Waals surface area contributed by atoms with Gasteiger partial charge in [-0.25, -0.2) is 17.9 Å². The normalized spacial score (nSPS) is 19.1. The second-order valence-corrected chi connectivity index (χ2v) is 15.0. The van der Waals surface area contributed by atoms with Gasteiger partial charge in [0.15, 0.2) is 5.82 Å². The molecule has 1 aromatic carbocycles. The summed E-state index contributed by atoms with van der Waals surface area (Å²) in [5, 5.41) is 11.6. The van der Waals surface area contributed by atoms with Crippen molar-refractivity contribution in [1.82, 2.24) is 20.0 Å². The number of hydrogen-bond donors (Lipinski definition) is 1. The minimum Gasteiger partial charge on any atom is -0.360 e. The first-order valence-electron chi connectivity index (χ1n) is 10.7. The Bertz CT molecular complexity index is 1050. The van der Waals surface area contributed by atoms with Gasteiger partial charge < -0.3 is 9.64 Å². The van der Waals surface area contributed by atoms with Crippen LogP contribution in [0.4, 0.5) is 19.0 Å². The molecule has 0 unspecified atom stereocenters. The van der Waals surface area contributed by atoms with Gasteiger partial charge >= 0.3 is 0 Å². The molecule has 172 valence electrons. The summed E-state index contributed by atoms with van der Waals surface area (Å²) in [7, 11) is -1.23. The Morgan fingerprint density at radius 3 is 2.72 bits per heavy atom. The molecule has 1 aliphatic heterocycles. The number of nitrogens with one attached hydrogen (secondary N) is 1. The number of aromatic nitrogens is 4. The van der Waals surface area contributed by atoms with Crippen LogP contribution in [0.3, 0.4) is 0 Å². The second-order valence-electron chi connectivity index (χ2n) is 9.37. The highest BCUT2D eigenvalue weighted by Gasteiger charge is 2.36. The molecule has 0 saturated carbocycles. The summed E-state index contributed by atoms with van der Waals surface area (Å²) >= 11 is 0. The van der Waals surface area contributed by atoms with Crippen LogP contribution in [0.15, 0.2) is 36.5 Å². The molecule has 3 aromatic rings. The van der Waals surface area contributed by atoms with Crippen LogP contribution in [0.25, 0.3) is 11.4 Å². The summed E-state index contributed by atoms with van der Waals surface area (Å²) in [4.78, 5) is 1.70. The summed E-state index contributed by atoms with van der Waals surface area (Å²) in [6, 6.07) is 7.27. The lowest BCUT2D eigenvalue weighted by Gasteiger charge is -2.24. The van der Waals surface area contributed by atoms with Crippen molar-refractivity contribution in [2.75, 3.05) is 18.1 Å². The third-order valence-corrected chi connectivity index (χ3v) is 7.32. The topological polar surface area (TPSA) is 59.0 Å². The van der Waals surface area contributed by atoms with Crippen molar-refractivity contribution in [3.8, 4) is 11.4 Å². The number of nitrogens with zero attached hydrogens (tertiary/aromatic N) is 4. The van der Waals surface area contributed by atoms with E-state index in [1.54, 1.807) is 21.8 Å². The van der Waals surface area contributed by atoms with Crippen LogP contribution in [0.5, 0.6) is 0 Å². The molecule has 1 saturated heterocycles. The molecule has 1 aliphatic rings. The third kappa shape index (κ3) is 5.07. The maximum absolute atomic E-state index is 14.5. The maximum atomic E-state index is 14.5. The summed E-state index contributed by atoms with van der Waals surface area (Å²) in [6.45, 7) is 7.75. The zero-order valence-corrected chi connectivity index (χ0v) is 19.5. The van der Waals surface area contributed by atoms with E-state index in [9.17, 15) is 13.2 Å². The van der Waals surface area contributed by atoms with Gasteiger partial charge in [0.1, 0.15) is 24.5 Å². The molecule has 2 aromatic heterocycles. The number of alkyl halides is 1. The smallest absolute Gasteiger partial charge is 0.152 e. The third-order valence-electron chi connectivity index (χ3n) is 5.62. The largest absolute Gasteiger partial charge is 0.360 e. The molecule has 0 amide bonds. The van der Waals surface area contributed by atoms with E-state index in [0.717, 1.165) is 35.6 Å². The van der Waals surface area contributed by atoms with Gasteiger partial charge in [0, 0.05) is 38.9 Å². The van der Waals surface area contributed by atoms with Gasteiger partial charge in [-0.3, -0.25) is 5.10 Å². The average Bonchev–Trinajstić information content (AvgIpc) is 3.45. The van der Waals surface area contributed by atoms with E-state index < -0.39 is 31.9 Å². The molecule has 0 bridgehead atoms. The first-order chi connectivity index (χ1) is 15.2. The fraction of sp³-hybridized carbons (Fsp3) is 0.455. The SMILES string of the molecule is C[Si](C)(C)CCOCn1nc(N2C[C@@H](F)C[C@@H]2c2cc(F)ccc2F)cc1-c1ccn[nH]1. The standard InChI is InChI=1S/C22H28F3N5OSi/c1-32(2,3)9-8-31-14-30-21(19-6-7-26-27-19)12-22(28-30)29-13-16(24)11-20(29)17-10-15(23)4-5-18(17)25/h4-7,10,12,16,20H,8-9,11,13-14H2,1-3H3,(H,26,27)/t16-,20+/m0/s1.